The second-order valence-electron chi connectivity index (χ2n) is 3.43. The van der Waals surface area contributed by atoms with E-state index in [2.05, 4.69) is 41.5 Å². The highest BCUT2D eigenvalue weighted by atomic mass is 32.1. The molecule has 86 valence electrons. The molecule has 0 radical (unpaired) electrons. The molecule has 1 N–H and O–H groups in total. The Hall–Kier alpha value is -0.940. The lowest BCUT2D eigenvalue weighted by Crippen LogP contribution is -1.96. The highest BCUT2D eigenvalue weighted by Crippen LogP contribution is 2.20. The molecule has 0 amide bonds. The van der Waals surface area contributed by atoms with E-state index in [9.17, 15) is 0 Å². The van der Waals surface area contributed by atoms with Gasteiger partial charge in [0, 0.05) is 9.75 Å². The summed E-state index contributed by atoms with van der Waals surface area (Å²) in [4.78, 5) is 2.79. The molecular weight excluding hydrogens is 238 g/mol. The molecule has 5 heteroatoms. The Morgan fingerprint density at radius 1 is 1.06 bits per heavy atom. The number of anilines is 1. The minimum atomic E-state index is 0.850. The lowest BCUT2D eigenvalue weighted by Gasteiger charge is -1.97. The zero-order valence-corrected chi connectivity index (χ0v) is 11.1. The van der Waals surface area contributed by atoms with Crippen molar-refractivity contribution in [1.82, 2.24) is 10.2 Å². The topological polar surface area (TPSA) is 37.8 Å². The SMILES string of the molecule is CCc1ccc(CNc2nnc(CC)s2)s1. The zero-order chi connectivity index (χ0) is 11.4. The Morgan fingerprint density at radius 2 is 1.88 bits per heavy atom. The van der Waals surface area contributed by atoms with Gasteiger partial charge in [0.1, 0.15) is 5.01 Å². The van der Waals surface area contributed by atoms with Crippen molar-refractivity contribution >= 4 is 27.8 Å². The van der Waals surface area contributed by atoms with Crippen molar-refractivity contribution in [3.63, 3.8) is 0 Å². The summed E-state index contributed by atoms with van der Waals surface area (Å²) >= 11 is 3.49. The van der Waals surface area contributed by atoms with Crippen molar-refractivity contribution in [1.29, 1.82) is 0 Å². The van der Waals surface area contributed by atoms with Crippen LogP contribution in [0.5, 0.6) is 0 Å². The third-order valence-electron chi connectivity index (χ3n) is 2.25. The van der Waals surface area contributed by atoms with Crippen molar-refractivity contribution in [2.24, 2.45) is 0 Å². The molecule has 2 aromatic rings. The smallest absolute Gasteiger partial charge is 0.205 e. The second-order valence-corrected chi connectivity index (χ2v) is 5.74. The summed E-state index contributed by atoms with van der Waals surface area (Å²) in [7, 11) is 0. The van der Waals surface area contributed by atoms with Crippen LogP contribution in [0.15, 0.2) is 12.1 Å². The fourth-order valence-electron chi connectivity index (χ4n) is 1.34. The third kappa shape index (κ3) is 2.80. The van der Waals surface area contributed by atoms with Gasteiger partial charge in [0.2, 0.25) is 5.13 Å². The molecule has 16 heavy (non-hydrogen) atoms. The summed E-state index contributed by atoms with van der Waals surface area (Å²) in [6.07, 6.45) is 2.07. The van der Waals surface area contributed by atoms with E-state index in [-0.39, 0.29) is 0 Å². The predicted octanol–water partition coefficient (Wildman–Crippen LogP) is 3.34. The Labute approximate surface area is 104 Å². The van der Waals surface area contributed by atoms with Gasteiger partial charge < -0.3 is 5.32 Å². The number of rotatable bonds is 5. The van der Waals surface area contributed by atoms with E-state index in [1.54, 1.807) is 11.3 Å². The first-order valence-corrected chi connectivity index (χ1v) is 7.09. The van der Waals surface area contributed by atoms with E-state index in [0.29, 0.717) is 0 Å². The van der Waals surface area contributed by atoms with Gasteiger partial charge in [-0.25, -0.2) is 0 Å². The van der Waals surface area contributed by atoms with E-state index >= 15 is 0 Å². The zero-order valence-electron chi connectivity index (χ0n) is 9.49. The summed E-state index contributed by atoms with van der Waals surface area (Å²) in [5.74, 6) is 0. The lowest BCUT2D eigenvalue weighted by molar-refractivity contribution is 0.977. The van der Waals surface area contributed by atoms with Crippen molar-refractivity contribution in [2.75, 3.05) is 5.32 Å². The van der Waals surface area contributed by atoms with E-state index in [4.69, 9.17) is 0 Å². The highest BCUT2D eigenvalue weighted by molar-refractivity contribution is 7.15. The molecule has 2 aromatic heterocycles. The predicted molar refractivity (Wildman–Crippen MR) is 70.3 cm³/mol. The number of hydrogen-bond acceptors (Lipinski definition) is 5. The van der Waals surface area contributed by atoms with Gasteiger partial charge in [-0.05, 0) is 25.0 Å². The molecule has 0 saturated carbocycles. The van der Waals surface area contributed by atoms with Crippen LogP contribution in [0.4, 0.5) is 5.13 Å². The van der Waals surface area contributed by atoms with E-state index in [1.165, 1.54) is 9.75 Å². The first-order valence-electron chi connectivity index (χ1n) is 5.45. The molecule has 3 nitrogen and oxygen atoms in total. The van der Waals surface area contributed by atoms with E-state index < -0.39 is 0 Å². The Bertz CT molecular complexity index is 405. The van der Waals surface area contributed by atoms with Crippen LogP contribution >= 0.6 is 22.7 Å². The molecule has 2 rings (SSSR count). The third-order valence-corrected chi connectivity index (χ3v) is 4.50. The molecule has 0 aromatic carbocycles. The van der Waals surface area contributed by atoms with Crippen LogP contribution in [0.2, 0.25) is 0 Å². The Kier molecular flexibility index (Phi) is 3.90. The summed E-state index contributed by atoms with van der Waals surface area (Å²) in [6.45, 7) is 5.13. The molecule has 0 aliphatic heterocycles. The summed E-state index contributed by atoms with van der Waals surface area (Å²) in [5.41, 5.74) is 0. The molecule has 0 atom stereocenters. The van der Waals surface area contributed by atoms with Crippen LogP contribution in [-0.4, -0.2) is 10.2 Å². The van der Waals surface area contributed by atoms with Crippen LogP contribution in [0.3, 0.4) is 0 Å². The molecular formula is C11H15N3S2. The maximum Gasteiger partial charge on any atom is 0.205 e. The van der Waals surface area contributed by atoms with Gasteiger partial charge in [0.05, 0.1) is 6.54 Å². The number of thiophene rings is 1. The Balaban J connectivity index is 1.91. The average molecular weight is 253 g/mol. The minimum Gasteiger partial charge on any atom is -0.355 e. The van der Waals surface area contributed by atoms with Crippen molar-refractivity contribution in [3.05, 3.63) is 26.9 Å². The van der Waals surface area contributed by atoms with Crippen LogP contribution < -0.4 is 5.32 Å². The monoisotopic (exact) mass is 253 g/mol. The fraction of sp³-hybridized carbons (Fsp3) is 0.455. The van der Waals surface area contributed by atoms with Gasteiger partial charge in [-0.1, -0.05) is 25.2 Å². The standard InChI is InChI=1S/C11H15N3S2/c1-3-8-5-6-9(15-8)7-12-11-14-13-10(4-2)16-11/h5-6H,3-4,7H2,1-2H3,(H,12,14). The summed E-state index contributed by atoms with van der Waals surface area (Å²) in [6, 6.07) is 4.37. The fourth-order valence-corrected chi connectivity index (χ4v) is 2.91. The first-order chi connectivity index (χ1) is 7.81. The van der Waals surface area contributed by atoms with Gasteiger partial charge in [-0.2, -0.15) is 0 Å². The van der Waals surface area contributed by atoms with Crippen LogP contribution in [0.1, 0.15) is 28.6 Å². The maximum absolute atomic E-state index is 4.09. The second kappa shape index (κ2) is 5.41. The van der Waals surface area contributed by atoms with Crippen molar-refractivity contribution in [3.8, 4) is 0 Å². The minimum absolute atomic E-state index is 0.850. The number of nitrogens with zero attached hydrogens (tertiary/aromatic N) is 2. The van der Waals surface area contributed by atoms with Crippen molar-refractivity contribution < 1.29 is 0 Å². The van der Waals surface area contributed by atoms with E-state index in [1.807, 2.05) is 11.3 Å². The normalized spacial score (nSPS) is 10.6. The number of aryl methyl sites for hydroxylation is 2. The van der Waals surface area contributed by atoms with Crippen LogP contribution in [-0.2, 0) is 19.4 Å². The Morgan fingerprint density at radius 3 is 2.50 bits per heavy atom. The molecule has 0 bridgehead atoms. The highest BCUT2D eigenvalue weighted by Gasteiger charge is 2.03. The molecule has 0 aliphatic rings. The lowest BCUT2D eigenvalue weighted by atomic mass is 10.4. The molecule has 0 fully saturated rings. The average Bonchev–Trinajstić information content (AvgIpc) is 2.95. The number of hydrogen-bond donors (Lipinski definition) is 1. The van der Waals surface area contributed by atoms with Crippen molar-refractivity contribution in [2.45, 2.75) is 33.2 Å². The quantitative estimate of drug-likeness (QED) is 0.888. The van der Waals surface area contributed by atoms with Gasteiger partial charge in [0.25, 0.3) is 0 Å². The molecule has 0 saturated heterocycles. The van der Waals surface area contributed by atoms with Crippen LogP contribution in [0, 0.1) is 0 Å². The number of nitrogens with one attached hydrogen (secondary N) is 1. The molecule has 0 spiro atoms. The molecule has 2 heterocycles. The first kappa shape index (κ1) is 11.5. The number of aromatic nitrogens is 2. The molecule has 0 aliphatic carbocycles. The largest absolute Gasteiger partial charge is 0.355 e. The molecule has 0 unspecified atom stereocenters. The summed E-state index contributed by atoms with van der Waals surface area (Å²) in [5, 5.41) is 13.5. The van der Waals surface area contributed by atoms with Gasteiger partial charge in [-0.3, -0.25) is 0 Å². The van der Waals surface area contributed by atoms with E-state index in [0.717, 1.165) is 29.5 Å². The van der Waals surface area contributed by atoms with Gasteiger partial charge in [0.15, 0.2) is 0 Å². The van der Waals surface area contributed by atoms with Gasteiger partial charge in [-0.15, -0.1) is 21.5 Å². The van der Waals surface area contributed by atoms with Crippen LogP contribution in [0.25, 0.3) is 0 Å². The maximum atomic E-state index is 4.09. The van der Waals surface area contributed by atoms with Gasteiger partial charge >= 0.3 is 0 Å². The summed E-state index contributed by atoms with van der Waals surface area (Å²) < 4.78 is 0.